The Labute approximate surface area is 204 Å². The van der Waals surface area contributed by atoms with Gasteiger partial charge in [-0.25, -0.2) is 4.98 Å². The van der Waals surface area contributed by atoms with Gasteiger partial charge in [0.05, 0.1) is 11.0 Å². The molecule has 4 aromatic rings. The molecule has 0 radical (unpaired) electrons. The van der Waals surface area contributed by atoms with Crippen LogP contribution in [0.25, 0.3) is 22.2 Å². The van der Waals surface area contributed by atoms with E-state index in [4.69, 9.17) is 4.98 Å². The van der Waals surface area contributed by atoms with E-state index in [0.29, 0.717) is 0 Å². The summed E-state index contributed by atoms with van der Waals surface area (Å²) in [5.74, 6) is 1.06. The molecule has 0 unspecified atom stereocenters. The van der Waals surface area contributed by atoms with Crippen LogP contribution in [-0.2, 0) is 19.5 Å². The van der Waals surface area contributed by atoms with Crippen molar-refractivity contribution in [2.75, 3.05) is 6.54 Å². The minimum atomic E-state index is 0.758. The van der Waals surface area contributed by atoms with Crippen LogP contribution in [0, 0.1) is 20.8 Å². The molecule has 0 saturated heterocycles. The molecule has 3 nitrogen and oxygen atoms in total. The number of aryl methyl sites for hydroxylation is 3. The molecule has 0 aliphatic rings. The predicted octanol–water partition coefficient (Wildman–Crippen LogP) is 7.30. The molecule has 1 aromatic heterocycles. The molecule has 4 rings (SSSR count). The van der Waals surface area contributed by atoms with E-state index in [9.17, 15) is 0 Å². The van der Waals surface area contributed by atoms with Crippen LogP contribution in [0.5, 0.6) is 0 Å². The normalized spacial score (nSPS) is 11.3. The summed E-state index contributed by atoms with van der Waals surface area (Å²) in [5, 5.41) is 3.56. The summed E-state index contributed by atoms with van der Waals surface area (Å²) >= 11 is 0. The van der Waals surface area contributed by atoms with Gasteiger partial charge in [-0.1, -0.05) is 67.4 Å². The average molecular weight is 452 g/mol. The number of allylic oxidation sites excluding steroid dienone is 1. The molecule has 0 aliphatic heterocycles. The highest BCUT2D eigenvalue weighted by Crippen LogP contribution is 2.28. The Balaban J connectivity index is 1.69. The van der Waals surface area contributed by atoms with Crippen LogP contribution in [0.15, 0.2) is 67.3 Å². The molecule has 0 atom stereocenters. The first-order chi connectivity index (χ1) is 16.5. The van der Waals surface area contributed by atoms with Gasteiger partial charge in [-0.3, -0.25) is 0 Å². The molecule has 176 valence electrons. The number of nitrogens with one attached hydrogen (secondary N) is 1. The van der Waals surface area contributed by atoms with Crippen LogP contribution in [-0.4, -0.2) is 16.1 Å². The largest absolute Gasteiger partial charge is 0.323 e. The molecule has 3 aromatic carbocycles. The second-order valence-corrected chi connectivity index (χ2v) is 9.41. The van der Waals surface area contributed by atoms with Crippen molar-refractivity contribution in [3.63, 3.8) is 0 Å². The van der Waals surface area contributed by atoms with Crippen LogP contribution < -0.4 is 5.32 Å². The van der Waals surface area contributed by atoms with Gasteiger partial charge in [0.15, 0.2) is 0 Å². The second kappa shape index (κ2) is 10.8. The third-order valence-corrected chi connectivity index (χ3v) is 6.69. The minimum Gasteiger partial charge on any atom is -0.323 e. The number of hydrogen-bond donors (Lipinski definition) is 1. The molecule has 0 aliphatic carbocycles. The van der Waals surface area contributed by atoms with E-state index in [0.717, 1.165) is 37.4 Å². The summed E-state index contributed by atoms with van der Waals surface area (Å²) < 4.78 is 2.36. The van der Waals surface area contributed by atoms with Gasteiger partial charge in [0.2, 0.25) is 0 Å². The fourth-order valence-electron chi connectivity index (χ4n) is 4.55. The average Bonchev–Trinajstić information content (AvgIpc) is 3.16. The van der Waals surface area contributed by atoms with Crippen molar-refractivity contribution in [3.05, 3.63) is 101 Å². The summed E-state index contributed by atoms with van der Waals surface area (Å²) in [4.78, 5) is 4.95. The second-order valence-electron chi connectivity index (χ2n) is 9.41. The lowest BCUT2D eigenvalue weighted by Gasteiger charge is -2.13. The zero-order chi connectivity index (χ0) is 24.1. The van der Waals surface area contributed by atoms with Gasteiger partial charge in [-0.05, 0) is 79.3 Å². The Morgan fingerprint density at radius 3 is 2.47 bits per heavy atom. The molecule has 0 spiro atoms. The molecule has 0 fully saturated rings. The monoisotopic (exact) mass is 451 g/mol. The van der Waals surface area contributed by atoms with E-state index >= 15 is 0 Å². The lowest BCUT2D eigenvalue weighted by Crippen LogP contribution is -2.15. The number of fused-ring (bicyclic) bond motifs is 1. The Hall–Kier alpha value is -3.17. The topological polar surface area (TPSA) is 29.9 Å². The number of hydrogen-bond acceptors (Lipinski definition) is 2. The van der Waals surface area contributed by atoms with E-state index in [1.54, 1.807) is 0 Å². The highest BCUT2D eigenvalue weighted by Gasteiger charge is 2.13. The fourth-order valence-corrected chi connectivity index (χ4v) is 4.55. The van der Waals surface area contributed by atoms with Crippen molar-refractivity contribution < 1.29 is 0 Å². The third-order valence-electron chi connectivity index (χ3n) is 6.69. The van der Waals surface area contributed by atoms with Crippen molar-refractivity contribution >= 4 is 11.0 Å². The van der Waals surface area contributed by atoms with Gasteiger partial charge in [-0.15, -0.1) is 6.58 Å². The molecular weight excluding hydrogens is 414 g/mol. The quantitative estimate of drug-likeness (QED) is 0.203. The SMILES string of the molecule is C=CCc1nc2ccc(-c3ccc(CNCCCC)c(C)c3)cc2n1Cc1cc(C)ccc1C. The van der Waals surface area contributed by atoms with Crippen LogP contribution in [0.4, 0.5) is 0 Å². The summed E-state index contributed by atoms with van der Waals surface area (Å²) in [6.07, 6.45) is 5.15. The molecular formula is C31H37N3. The first kappa shape index (κ1) is 24.0. The zero-order valence-corrected chi connectivity index (χ0v) is 21.1. The maximum absolute atomic E-state index is 4.95. The van der Waals surface area contributed by atoms with Crippen molar-refractivity contribution in [2.24, 2.45) is 0 Å². The smallest absolute Gasteiger partial charge is 0.113 e. The number of unbranched alkanes of at least 4 members (excludes halogenated alkanes) is 1. The molecule has 1 N–H and O–H groups in total. The van der Waals surface area contributed by atoms with Crippen molar-refractivity contribution in [3.8, 4) is 11.1 Å². The van der Waals surface area contributed by atoms with E-state index in [-0.39, 0.29) is 0 Å². The Kier molecular flexibility index (Phi) is 7.64. The number of aromatic nitrogens is 2. The molecule has 1 heterocycles. The van der Waals surface area contributed by atoms with Crippen LogP contribution in [0.3, 0.4) is 0 Å². The van der Waals surface area contributed by atoms with E-state index in [1.807, 2.05) is 6.08 Å². The van der Waals surface area contributed by atoms with Crippen LogP contribution in [0.1, 0.15) is 53.4 Å². The number of nitrogens with zero attached hydrogens (tertiary/aromatic N) is 2. The highest BCUT2D eigenvalue weighted by atomic mass is 15.1. The van der Waals surface area contributed by atoms with E-state index in [2.05, 4.69) is 98.8 Å². The van der Waals surface area contributed by atoms with E-state index in [1.165, 1.54) is 57.3 Å². The molecule has 0 bridgehead atoms. The van der Waals surface area contributed by atoms with Gasteiger partial charge >= 0.3 is 0 Å². The van der Waals surface area contributed by atoms with E-state index < -0.39 is 0 Å². The first-order valence-corrected chi connectivity index (χ1v) is 12.5. The summed E-state index contributed by atoms with van der Waals surface area (Å²) in [6, 6.07) is 20.2. The third kappa shape index (κ3) is 5.31. The highest BCUT2D eigenvalue weighted by molar-refractivity contribution is 5.83. The summed E-state index contributed by atoms with van der Waals surface area (Å²) in [7, 11) is 0. The summed E-state index contributed by atoms with van der Waals surface area (Å²) in [5.41, 5.74) is 11.3. The van der Waals surface area contributed by atoms with Crippen LogP contribution >= 0.6 is 0 Å². The Bertz CT molecular complexity index is 1300. The predicted molar refractivity (Wildman–Crippen MR) is 145 cm³/mol. The number of rotatable bonds is 10. The van der Waals surface area contributed by atoms with Gasteiger partial charge in [0.25, 0.3) is 0 Å². The molecule has 34 heavy (non-hydrogen) atoms. The summed E-state index contributed by atoms with van der Waals surface area (Å²) in [6.45, 7) is 15.6. The molecule has 0 amide bonds. The lowest BCUT2D eigenvalue weighted by atomic mass is 9.99. The number of benzene rings is 3. The Morgan fingerprint density at radius 1 is 0.912 bits per heavy atom. The van der Waals surface area contributed by atoms with Crippen molar-refractivity contribution in [2.45, 2.75) is 60.0 Å². The minimum absolute atomic E-state index is 0.758. The van der Waals surface area contributed by atoms with Crippen molar-refractivity contribution in [1.29, 1.82) is 0 Å². The van der Waals surface area contributed by atoms with Crippen LogP contribution in [0.2, 0.25) is 0 Å². The lowest BCUT2D eigenvalue weighted by molar-refractivity contribution is 0.640. The van der Waals surface area contributed by atoms with Crippen molar-refractivity contribution in [1.82, 2.24) is 14.9 Å². The fraction of sp³-hybridized carbons (Fsp3) is 0.323. The van der Waals surface area contributed by atoms with Gasteiger partial charge < -0.3 is 9.88 Å². The zero-order valence-electron chi connectivity index (χ0n) is 21.1. The van der Waals surface area contributed by atoms with Gasteiger partial charge in [-0.2, -0.15) is 0 Å². The van der Waals surface area contributed by atoms with Gasteiger partial charge in [0.1, 0.15) is 5.82 Å². The molecule has 3 heteroatoms. The molecule has 0 saturated carbocycles. The Morgan fingerprint density at radius 2 is 1.71 bits per heavy atom. The van der Waals surface area contributed by atoms with Gasteiger partial charge in [0, 0.05) is 19.5 Å². The maximum Gasteiger partial charge on any atom is 0.113 e. The number of imidazole rings is 1. The maximum atomic E-state index is 4.95. The first-order valence-electron chi connectivity index (χ1n) is 12.5. The standard InChI is InChI=1S/C31H37N3/c1-6-8-16-32-20-27-13-12-25(18-24(27)5)26-14-15-29-30(19-26)34(31(33-29)9-7-2)21-28-17-22(3)10-11-23(28)4/h7,10-15,17-19,32H,2,6,8-9,16,20-21H2,1,3-5H3.